The lowest BCUT2D eigenvalue weighted by atomic mass is 10.2. The Morgan fingerprint density at radius 3 is 2.24 bits per heavy atom. The van der Waals surface area contributed by atoms with Crippen LogP contribution in [0.4, 0.5) is 21.8 Å². The number of methoxy groups -OCH3 is 3. The summed E-state index contributed by atoms with van der Waals surface area (Å²) in [5, 5.41) is 6.28. The molecule has 29 heavy (non-hydrogen) atoms. The van der Waals surface area contributed by atoms with Crippen LogP contribution in [0.25, 0.3) is 0 Å². The van der Waals surface area contributed by atoms with Crippen molar-refractivity contribution in [1.29, 1.82) is 0 Å². The Kier molecular flexibility index (Phi) is 6.33. The number of halogens is 1. The van der Waals surface area contributed by atoms with E-state index < -0.39 is 0 Å². The normalized spacial score (nSPS) is 10.4. The molecule has 0 aliphatic heterocycles. The van der Waals surface area contributed by atoms with Crippen LogP contribution in [-0.4, -0.2) is 31.3 Å². The number of anilines is 3. The molecule has 0 unspecified atom stereocenters. The van der Waals surface area contributed by atoms with Gasteiger partial charge in [0.1, 0.15) is 11.6 Å². The molecule has 0 aliphatic rings. The molecule has 8 heteroatoms. The molecule has 3 rings (SSSR count). The molecule has 0 saturated heterocycles. The first-order chi connectivity index (χ1) is 14.0. The highest BCUT2D eigenvalue weighted by molar-refractivity contribution is 5.66. The second kappa shape index (κ2) is 9.09. The van der Waals surface area contributed by atoms with Crippen molar-refractivity contribution in [3.8, 4) is 17.2 Å². The maximum Gasteiger partial charge on any atom is 0.229 e. The van der Waals surface area contributed by atoms with Gasteiger partial charge in [0.2, 0.25) is 11.7 Å². The van der Waals surface area contributed by atoms with E-state index in [2.05, 4.69) is 20.6 Å². The summed E-state index contributed by atoms with van der Waals surface area (Å²) < 4.78 is 29.9. The van der Waals surface area contributed by atoms with Gasteiger partial charge in [-0.15, -0.1) is 0 Å². The van der Waals surface area contributed by atoms with E-state index in [-0.39, 0.29) is 5.82 Å². The molecule has 7 nitrogen and oxygen atoms in total. The Hall–Kier alpha value is -3.55. The predicted octanol–water partition coefficient (Wildman–Crippen LogP) is 4.31. The molecule has 1 heterocycles. The summed E-state index contributed by atoms with van der Waals surface area (Å²) in [4.78, 5) is 8.86. The molecular weight excluding hydrogens is 375 g/mol. The monoisotopic (exact) mass is 398 g/mol. The average Bonchev–Trinajstić information content (AvgIpc) is 2.72. The Balaban J connectivity index is 1.82. The van der Waals surface area contributed by atoms with Crippen LogP contribution in [0, 0.1) is 12.7 Å². The van der Waals surface area contributed by atoms with Gasteiger partial charge in [0, 0.05) is 41.7 Å². The molecule has 2 aromatic carbocycles. The van der Waals surface area contributed by atoms with Gasteiger partial charge in [0.05, 0.1) is 21.3 Å². The second-order valence-corrected chi connectivity index (χ2v) is 6.20. The van der Waals surface area contributed by atoms with Crippen molar-refractivity contribution in [3.63, 3.8) is 0 Å². The first-order valence-corrected chi connectivity index (χ1v) is 8.94. The number of benzene rings is 2. The quantitative estimate of drug-likeness (QED) is 0.586. The number of hydrogen-bond acceptors (Lipinski definition) is 7. The lowest BCUT2D eigenvalue weighted by Crippen LogP contribution is -2.07. The van der Waals surface area contributed by atoms with E-state index in [0.717, 1.165) is 5.69 Å². The number of aryl methyl sites for hydroxylation is 1. The largest absolute Gasteiger partial charge is 0.493 e. The minimum atomic E-state index is -0.262. The summed E-state index contributed by atoms with van der Waals surface area (Å²) in [6.45, 7) is 2.17. The molecule has 3 aromatic rings. The zero-order valence-corrected chi connectivity index (χ0v) is 16.7. The van der Waals surface area contributed by atoms with Crippen molar-refractivity contribution in [2.75, 3.05) is 32.0 Å². The van der Waals surface area contributed by atoms with Crippen molar-refractivity contribution >= 4 is 17.5 Å². The molecule has 0 spiro atoms. The second-order valence-electron chi connectivity index (χ2n) is 6.20. The van der Waals surface area contributed by atoms with Crippen molar-refractivity contribution in [2.24, 2.45) is 0 Å². The Morgan fingerprint density at radius 1 is 0.931 bits per heavy atom. The Morgan fingerprint density at radius 2 is 1.62 bits per heavy atom. The highest BCUT2D eigenvalue weighted by Crippen LogP contribution is 2.40. The Labute approximate surface area is 168 Å². The summed E-state index contributed by atoms with van der Waals surface area (Å²) in [7, 11) is 4.65. The number of aromatic nitrogens is 2. The van der Waals surface area contributed by atoms with Gasteiger partial charge >= 0.3 is 0 Å². The number of ether oxygens (including phenoxy) is 3. The van der Waals surface area contributed by atoms with Gasteiger partial charge < -0.3 is 24.8 Å². The molecule has 1 aromatic heterocycles. The molecule has 0 aliphatic carbocycles. The third-order valence-corrected chi connectivity index (χ3v) is 4.19. The van der Waals surface area contributed by atoms with Crippen molar-refractivity contribution in [3.05, 3.63) is 59.5 Å². The topological polar surface area (TPSA) is 77.5 Å². The van der Waals surface area contributed by atoms with Crippen LogP contribution in [0.15, 0.2) is 42.5 Å². The maximum absolute atomic E-state index is 13.8. The fourth-order valence-electron chi connectivity index (χ4n) is 2.82. The molecule has 2 N–H and O–H groups in total. The van der Waals surface area contributed by atoms with Gasteiger partial charge in [-0.25, -0.2) is 9.37 Å². The van der Waals surface area contributed by atoms with Crippen LogP contribution in [0.2, 0.25) is 0 Å². The highest BCUT2D eigenvalue weighted by atomic mass is 19.1. The molecule has 0 radical (unpaired) electrons. The van der Waals surface area contributed by atoms with Gasteiger partial charge in [-0.3, -0.25) is 0 Å². The van der Waals surface area contributed by atoms with Crippen molar-refractivity contribution in [2.45, 2.75) is 13.5 Å². The average molecular weight is 398 g/mol. The van der Waals surface area contributed by atoms with Gasteiger partial charge in [-0.1, -0.05) is 18.2 Å². The summed E-state index contributed by atoms with van der Waals surface area (Å²) in [5.41, 5.74) is 1.99. The third-order valence-electron chi connectivity index (χ3n) is 4.19. The predicted molar refractivity (Wildman–Crippen MR) is 110 cm³/mol. The first kappa shape index (κ1) is 20.2. The molecule has 0 saturated carbocycles. The van der Waals surface area contributed by atoms with E-state index in [1.807, 2.05) is 6.92 Å². The molecule has 0 atom stereocenters. The smallest absolute Gasteiger partial charge is 0.229 e. The number of rotatable bonds is 8. The molecule has 0 amide bonds. The van der Waals surface area contributed by atoms with Crippen LogP contribution >= 0.6 is 0 Å². The van der Waals surface area contributed by atoms with E-state index >= 15 is 0 Å². The lowest BCUT2D eigenvalue weighted by Gasteiger charge is -2.15. The number of nitrogens with zero attached hydrogens (tertiary/aromatic N) is 2. The van der Waals surface area contributed by atoms with Gasteiger partial charge in [-0.05, 0) is 13.0 Å². The number of nitrogens with one attached hydrogen (secondary N) is 2. The van der Waals surface area contributed by atoms with Crippen LogP contribution in [0.3, 0.4) is 0 Å². The zero-order valence-electron chi connectivity index (χ0n) is 16.7. The SMILES string of the molecule is COc1cc(Nc2nc(C)cc(NCc3ccccc3F)n2)cc(OC)c1OC. The third kappa shape index (κ3) is 4.84. The number of hydrogen-bond donors (Lipinski definition) is 2. The summed E-state index contributed by atoms with van der Waals surface area (Å²) in [6, 6.07) is 11.9. The van der Waals surface area contributed by atoms with E-state index in [4.69, 9.17) is 14.2 Å². The fourth-order valence-corrected chi connectivity index (χ4v) is 2.82. The molecular formula is C21H23FN4O3. The van der Waals surface area contributed by atoms with E-state index in [0.29, 0.717) is 46.8 Å². The standard InChI is InChI=1S/C21H23FN4O3/c1-13-9-19(23-12-14-7-5-6-8-16(14)22)26-21(24-13)25-15-10-17(27-2)20(29-4)18(11-15)28-3/h5-11H,12H2,1-4H3,(H2,23,24,25,26). The highest BCUT2D eigenvalue weighted by Gasteiger charge is 2.14. The van der Waals surface area contributed by atoms with Crippen LogP contribution < -0.4 is 24.8 Å². The fraction of sp³-hybridized carbons (Fsp3) is 0.238. The summed E-state index contributed by atoms with van der Waals surface area (Å²) in [5.74, 6) is 2.23. The molecule has 0 bridgehead atoms. The van der Waals surface area contributed by atoms with E-state index in [1.54, 1.807) is 57.7 Å². The minimum Gasteiger partial charge on any atom is -0.493 e. The van der Waals surface area contributed by atoms with Crippen molar-refractivity contribution in [1.82, 2.24) is 9.97 Å². The lowest BCUT2D eigenvalue weighted by molar-refractivity contribution is 0.324. The Bertz CT molecular complexity index is 972. The summed E-state index contributed by atoms with van der Waals surface area (Å²) >= 11 is 0. The van der Waals surface area contributed by atoms with E-state index in [9.17, 15) is 4.39 Å². The van der Waals surface area contributed by atoms with Gasteiger partial charge in [0.25, 0.3) is 0 Å². The van der Waals surface area contributed by atoms with Gasteiger partial charge in [-0.2, -0.15) is 4.98 Å². The van der Waals surface area contributed by atoms with Gasteiger partial charge in [0.15, 0.2) is 11.5 Å². The minimum absolute atomic E-state index is 0.262. The van der Waals surface area contributed by atoms with Crippen molar-refractivity contribution < 1.29 is 18.6 Å². The molecule has 0 fully saturated rings. The maximum atomic E-state index is 13.8. The van der Waals surface area contributed by atoms with Crippen LogP contribution in [0.1, 0.15) is 11.3 Å². The zero-order chi connectivity index (χ0) is 20.8. The van der Waals surface area contributed by atoms with Crippen LogP contribution in [0.5, 0.6) is 17.2 Å². The molecule has 152 valence electrons. The first-order valence-electron chi connectivity index (χ1n) is 8.94. The summed E-state index contributed by atoms with van der Waals surface area (Å²) in [6.07, 6.45) is 0. The van der Waals surface area contributed by atoms with Crippen LogP contribution in [-0.2, 0) is 6.54 Å². The van der Waals surface area contributed by atoms with E-state index in [1.165, 1.54) is 6.07 Å².